The Kier molecular flexibility index (Phi) is 14.5. The molecule has 0 saturated heterocycles. The van der Waals surface area contributed by atoms with Gasteiger partial charge in [-0.15, -0.1) is 12.0 Å². The topological polar surface area (TPSA) is 0 Å². The van der Waals surface area contributed by atoms with Crippen LogP contribution in [0.15, 0.2) is 103 Å². The summed E-state index contributed by atoms with van der Waals surface area (Å²) >= 11 is 1.46. The fourth-order valence-corrected chi connectivity index (χ4v) is 6.05. The molecule has 0 aromatic heterocycles. The molecule has 6 rings (SSSR count). The minimum Gasteiger partial charge on any atom is -1.00 e. The monoisotopic (exact) mass is 724 g/mol. The molecule has 4 aromatic rings. The van der Waals surface area contributed by atoms with Crippen molar-refractivity contribution in [3.8, 4) is 11.1 Å². The van der Waals surface area contributed by atoms with Gasteiger partial charge in [0.2, 0.25) is 0 Å². The summed E-state index contributed by atoms with van der Waals surface area (Å²) in [5.74, 6) is 0. The summed E-state index contributed by atoms with van der Waals surface area (Å²) in [4.78, 5) is 0. The molecule has 0 N–H and O–H groups in total. The summed E-state index contributed by atoms with van der Waals surface area (Å²) in [7, 11) is 0. The molecule has 0 spiro atoms. The van der Waals surface area contributed by atoms with Gasteiger partial charge >= 0.3 is 125 Å². The summed E-state index contributed by atoms with van der Waals surface area (Å²) in [6.07, 6.45) is 11.0. The first kappa shape index (κ1) is 39.9. The molecule has 0 unspecified atom stereocenters. The zero-order valence-electron chi connectivity index (χ0n) is 29.0. The van der Waals surface area contributed by atoms with E-state index in [1.807, 2.05) is 12.2 Å². The molecule has 4 aromatic carbocycles. The van der Waals surface area contributed by atoms with Gasteiger partial charge in [0.25, 0.3) is 0 Å². The maximum atomic E-state index is 3.53. The molecule has 0 atom stereocenters. The van der Waals surface area contributed by atoms with Crippen LogP contribution in [0.25, 0.3) is 11.1 Å². The van der Waals surface area contributed by atoms with Crippen LogP contribution < -0.4 is 24.8 Å². The fraction of sp³-hybridized carbons (Fsp3) is 0.326. The zero-order chi connectivity index (χ0) is 32.1. The summed E-state index contributed by atoms with van der Waals surface area (Å²) in [5.41, 5.74) is 13.1. The van der Waals surface area contributed by atoms with E-state index in [9.17, 15) is 0 Å². The molecule has 0 radical (unpaired) electrons. The van der Waals surface area contributed by atoms with E-state index >= 15 is 0 Å². The Morgan fingerprint density at radius 1 is 0.630 bits per heavy atom. The first-order chi connectivity index (χ1) is 20.6. The van der Waals surface area contributed by atoms with Crippen LogP contribution in [0, 0.1) is 12.1 Å². The second-order valence-electron chi connectivity index (χ2n) is 14.9. The molecule has 3 heteroatoms. The van der Waals surface area contributed by atoms with Crippen LogP contribution in [0.1, 0.15) is 108 Å². The number of hydrogen-bond donors (Lipinski definition) is 0. The van der Waals surface area contributed by atoms with Crippen molar-refractivity contribution in [2.45, 2.75) is 91.4 Å². The van der Waals surface area contributed by atoms with Crippen LogP contribution in [0.5, 0.6) is 0 Å². The second kappa shape index (κ2) is 16.7. The van der Waals surface area contributed by atoms with E-state index in [-0.39, 0.29) is 41.1 Å². The van der Waals surface area contributed by atoms with Gasteiger partial charge in [-0.2, -0.15) is 35.4 Å². The van der Waals surface area contributed by atoms with Crippen LogP contribution >= 0.6 is 0 Å². The molecule has 0 bridgehead atoms. The number of benzene rings is 4. The Balaban J connectivity index is 0.000000270. The molecule has 0 aliphatic heterocycles. The maximum absolute atomic E-state index is 3.53. The van der Waals surface area contributed by atoms with E-state index in [4.69, 9.17) is 0 Å². The molecule has 0 heterocycles. The van der Waals surface area contributed by atoms with Gasteiger partial charge in [0.1, 0.15) is 0 Å². The van der Waals surface area contributed by atoms with E-state index in [0.717, 1.165) is 12.8 Å². The zero-order valence-corrected chi connectivity index (χ0v) is 33.0. The van der Waals surface area contributed by atoms with E-state index in [1.165, 1.54) is 77.5 Å². The standard InChI is InChI=1S/C21H25.C17H18.C5H5.2ClH.Zr/c1-20(2,3)16-9-7-14-11-15-8-10-17(21(4,5)6)13-19(15)18(14)12-16;1-17(2,3)16-11-9-15(10-12-16)13-14-7-5-4-6-8-14;1-2-4-5-3-1;;;/h7,9-10,12-13H,11H2,1-6H3;4-12H,1-3H3;1-3H,4H2;2*1H;/q-1;;-1;;;+2/p-2. The van der Waals surface area contributed by atoms with Crippen LogP contribution in [0.3, 0.4) is 0 Å². The molecule has 0 nitrogen and oxygen atoms in total. The van der Waals surface area contributed by atoms with Gasteiger partial charge in [0, 0.05) is 0 Å². The van der Waals surface area contributed by atoms with Crippen molar-refractivity contribution < 1.29 is 49.0 Å². The van der Waals surface area contributed by atoms with Gasteiger partial charge in [0.05, 0.1) is 0 Å². The molecule has 0 fully saturated rings. The van der Waals surface area contributed by atoms with E-state index < -0.39 is 0 Å². The molecular formula is C43H48Cl2Zr-2. The van der Waals surface area contributed by atoms with Gasteiger partial charge in [-0.3, -0.25) is 6.08 Å². The predicted molar refractivity (Wildman–Crippen MR) is 187 cm³/mol. The van der Waals surface area contributed by atoms with Crippen LogP contribution in [-0.4, -0.2) is 3.21 Å². The number of allylic oxidation sites excluding steroid dienone is 4. The molecule has 0 saturated carbocycles. The Hall–Kier alpha value is -2.31. The third-order valence-corrected chi connectivity index (χ3v) is 9.63. The van der Waals surface area contributed by atoms with Gasteiger partial charge in [-0.05, 0) is 17.4 Å². The third-order valence-electron chi connectivity index (χ3n) is 8.21. The summed E-state index contributed by atoms with van der Waals surface area (Å²) < 4.78 is 1.42. The van der Waals surface area contributed by atoms with Crippen molar-refractivity contribution in [3.63, 3.8) is 0 Å². The van der Waals surface area contributed by atoms with Gasteiger partial charge in [-0.25, -0.2) is 12.2 Å². The minimum absolute atomic E-state index is 0. The Bertz CT molecular complexity index is 1570. The van der Waals surface area contributed by atoms with Gasteiger partial charge in [-0.1, -0.05) is 76.3 Å². The second-order valence-corrected chi connectivity index (χ2v) is 16.1. The molecular weight excluding hydrogens is 679 g/mol. The average molecular weight is 727 g/mol. The van der Waals surface area contributed by atoms with Crippen LogP contribution in [0.4, 0.5) is 0 Å². The van der Waals surface area contributed by atoms with Gasteiger partial charge in [0.15, 0.2) is 0 Å². The van der Waals surface area contributed by atoms with Crippen molar-refractivity contribution in [3.05, 3.63) is 154 Å². The average Bonchev–Trinajstić information content (AvgIpc) is 3.68. The molecule has 2 aliphatic rings. The van der Waals surface area contributed by atoms with Crippen molar-refractivity contribution in [2.75, 3.05) is 0 Å². The van der Waals surface area contributed by atoms with Crippen molar-refractivity contribution in [2.24, 2.45) is 0 Å². The Morgan fingerprint density at radius 2 is 1.17 bits per heavy atom. The first-order valence-electron chi connectivity index (χ1n) is 15.8. The SMILES string of the molecule is CC(C)(C)c1c[c-]c2c(c1)-c1cc(C(C)(C)C)ccc1C2.CC(C)(C)c1ccc([C](=[Zr+2])c2ccccc2)cc1.[C-]1=CC=CC1.[Cl-].[Cl-]. The number of halogens is 2. The van der Waals surface area contributed by atoms with E-state index in [2.05, 4.69) is 165 Å². The third kappa shape index (κ3) is 10.6. The maximum Gasteiger partial charge on any atom is -0.109 e. The summed E-state index contributed by atoms with van der Waals surface area (Å²) in [6, 6.07) is 34.7. The molecule has 0 amide bonds. The predicted octanol–water partition coefficient (Wildman–Crippen LogP) is 5.07. The number of hydrogen-bond acceptors (Lipinski definition) is 0. The number of rotatable bonds is 2. The summed E-state index contributed by atoms with van der Waals surface area (Å²) in [5, 5.41) is 0. The van der Waals surface area contributed by atoms with Crippen molar-refractivity contribution in [1.29, 1.82) is 0 Å². The molecule has 2 aliphatic carbocycles. The Labute approximate surface area is 307 Å². The van der Waals surface area contributed by atoms with Crippen LogP contribution in [0.2, 0.25) is 0 Å². The Morgan fingerprint density at radius 3 is 1.67 bits per heavy atom. The minimum atomic E-state index is 0. The molecule has 46 heavy (non-hydrogen) atoms. The van der Waals surface area contributed by atoms with E-state index in [1.54, 1.807) is 0 Å². The van der Waals surface area contributed by atoms with Crippen molar-refractivity contribution >= 4 is 3.21 Å². The summed E-state index contributed by atoms with van der Waals surface area (Å²) in [6.45, 7) is 20.4. The normalized spacial score (nSPS) is 12.8. The first-order valence-corrected chi connectivity index (χ1v) is 17.0. The smallest absolute Gasteiger partial charge is 0.109 e. The van der Waals surface area contributed by atoms with Crippen LogP contribution in [-0.2, 0) is 46.9 Å². The van der Waals surface area contributed by atoms with E-state index in [0.29, 0.717) is 0 Å². The largest absolute Gasteiger partial charge is 1.00 e. The van der Waals surface area contributed by atoms with Crippen molar-refractivity contribution in [1.82, 2.24) is 0 Å². The fourth-order valence-electron chi connectivity index (χ4n) is 5.23. The molecule has 240 valence electrons. The quantitative estimate of drug-likeness (QED) is 0.223. The van der Waals surface area contributed by atoms with Gasteiger partial charge < -0.3 is 24.8 Å². The number of fused-ring (bicyclic) bond motifs is 3.